The Kier molecular flexibility index (Phi) is 15.9. The second kappa shape index (κ2) is 19.8. The number of benzene rings is 2. The molecule has 266 valence electrons. The molecule has 5 atom stereocenters. The summed E-state index contributed by atoms with van der Waals surface area (Å²) in [5, 5.41) is 39.2. The monoisotopic (exact) mass is 684 g/mol. The van der Waals surface area contributed by atoms with Gasteiger partial charge in [0.1, 0.15) is 29.9 Å². The Balaban J connectivity index is 2.29. The summed E-state index contributed by atoms with van der Waals surface area (Å²) in [7, 11) is 0. The fraction of sp³-hybridized carbons (Fsp3) is 0.387. The number of primary amides is 2. The van der Waals surface area contributed by atoms with E-state index in [0.717, 1.165) is 0 Å². The van der Waals surface area contributed by atoms with Crippen molar-refractivity contribution >= 4 is 41.4 Å². The average Bonchev–Trinajstić information content (AvgIpc) is 3.04. The molecule has 16 N–H and O–H groups in total. The van der Waals surface area contributed by atoms with Crippen LogP contribution < -0.4 is 49.5 Å². The Bertz CT molecular complexity index is 1460. The Hall–Kier alpha value is -5.75. The first-order chi connectivity index (χ1) is 23.2. The number of amides is 6. The highest BCUT2D eigenvalue weighted by Gasteiger charge is 2.32. The number of nitrogens with two attached hydrogens (primary N) is 4. The summed E-state index contributed by atoms with van der Waals surface area (Å²) in [6.45, 7) is -0.716. The summed E-state index contributed by atoms with van der Waals surface area (Å²) >= 11 is 0. The van der Waals surface area contributed by atoms with Crippen molar-refractivity contribution in [3.8, 4) is 5.75 Å². The number of hydrogen-bond donors (Lipinski definition) is 12. The molecule has 0 bridgehead atoms. The minimum absolute atomic E-state index is 0.00161. The molecule has 0 radical (unpaired) electrons. The van der Waals surface area contributed by atoms with Crippen LogP contribution in [0.5, 0.6) is 5.75 Å². The number of aliphatic hydroxyl groups excluding tert-OH is 1. The minimum Gasteiger partial charge on any atom is -0.508 e. The van der Waals surface area contributed by atoms with Crippen LogP contribution in [0.3, 0.4) is 0 Å². The fourth-order valence-electron chi connectivity index (χ4n) is 4.55. The Morgan fingerprint density at radius 1 is 0.694 bits per heavy atom. The number of rotatable bonds is 20. The van der Waals surface area contributed by atoms with Crippen molar-refractivity contribution in [3.63, 3.8) is 0 Å². The van der Waals surface area contributed by atoms with Gasteiger partial charge >= 0.3 is 0 Å². The summed E-state index contributed by atoms with van der Waals surface area (Å²) in [4.78, 5) is 76.2. The topological polar surface area (TPSA) is 331 Å². The van der Waals surface area contributed by atoms with Crippen LogP contribution in [-0.4, -0.2) is 95.0 Å². The van der Waals surface area contributed by atoms with Gasteiger partial charge in [-0.25, -0.2) is 0 Å². The third-order valence-electron chi connectivity index (χ3n) is 7.14. The third-order valence-corrected chi connectivity index (χ3v) is 7.14. The van der Waals surface area contributed by atoms with Crippen molar-refractivity contribution in [1.82, 2.24) is 26.6 Å². The summed E-state index contributed by atoms with van der Waals surface area (Å²) in [6, 6.07) is 7.71. The Labute approximate surface area is 282 Å². The molecule has 6 amide bonds. The summed E-state index contributed by atoms with van der Waals surface area (Å²) in [5.74, 6) is -5.51. The van der Waals surface area contributed by atoms with Gasteiger partial charge in [-0.3, -0.25) is 34.2 Å². The highest BCUT2D eigenvalue weighted by molar-refractivity contribution is 5.96. The first-order valence-corrected chi connectivity index (χ1v) is 15.2. The highest BCUT2D eigenvalue weighted by atomic mass is 16.3. The quantitative estimate of drug-likeness (QED) is 0.0363. The van der Waals surface area contributed by atoms with Crippen molar-refractivity contribution in [2.24, 2.45) is 22.9 Å². The zero-order valence-corrected chi connectivity index (χ0v) is 26.7. The van der Waals surface area contributed by atoms with Gasteiger partial charge in [0.15, 0.2) is 5.96 Å². The zero-order valence-electron chi connectivity index (χ0n) is 26.7. The molecule has 0 heterocycles. The number of phenols is 1. The fourth-order valence-corrected chi connectivity index (χ4v) is 4.55. The van der Waals surface area contributed by atoms with Gasteiger partial charge in [0, 0.05) is 19.4 Å². The van der Waals surface area contributed by atoms with Gasteiger partial charge in [-0.05, 0) is 36.1 Å². The largest absolute Gasteiger partial charge is 0.508 e. The average molecular weight is 685 g/mol. The van der Waals surface area contributed by atoms with E-state index >= 15 is 0 Å². The maximum absolute atomic E-state index is 13.7. The van der Waals surface area contributed by atoms with Gasteiger partial charge in [0.2, 0.25) is 35.4 Å². The highest BCUT2D eigenvalue weighted by Crippen LogP contribution is 2.12. The van der Waals surface area contributed by atoms with Crippen LogP contribution in [0.2, 0.25) is 0 Å². The lowest BCUT2D eigenvalue weighted by Crippen LogP contribution is -2.60. The first-order valence-electron chi connectivity index (χ1n) is 15.2. The molecule has 18 nitrogen and oxygen atoms in total. The number of aliphatic hydroxyl groups is 1. The van der Waals surface area contributed by atoms with E-state index in [2.05, 4.69) is 26.6 Å². The normalized spacial score (nSPS) is 13.8. The van der Waals surface area contributed by atoms with E-state index in [1.807, 2.05) is 0 Å². The Morgan fingerprint density at radius 2 is 1.20 bits per heavy atom. The van der Waals surface area contributed by atoms with Crippen LogP contribution in [0.4, 0.5) is 0 Å². The van der Waals surface area contributed by atoms with Gasteiger partial charge < -0.3 is 59.7 Å². The predicted molar refractivity (Wildman–Crippen MR) is 177 cm³/mol. The van der Waals surface area contributed by atoms with Crippen LogP contribution in [0.25, 0.3) is 0 Å². The molecule has 0 saturated heterocycles. The van der Waals surface area contributed by atoms with Crippen molar-refractivity contribution in [2.45, 2.75) is 62.3 Å². The second-order valence-corrected chi connectivity index (χ2v) is 11.1. The first kappa shape index (κ1) is 39.4. The van der Waals surface area contributed by atoms with Crippen LogP contribution in [0.1, 0.15) is 30.4 Å². The molecular weight excluding hydrogens is 640 g/mol. The van der Waals surface area contributed by atoms with Crippen LogP contribution in [0.15, 0.2) is 54.6 Å². The van der Waals surface area contributed by atoms with Crippen molar-refractivity contribution in [2.75, 3.05) is 13.2 Å². The summed E-state index contributed by atoms with van der Waals surface area (Å²) < 4.78 is 0. The number of phenolic OH excluding ortho intramolecular Hbond substituents is 1. The maximum atomic E-state index is 13.7. The van der Waals surface area contributed by atoms with Gasteiger partial charge in [0.05, 0.1) is 19.1 Å². The summed E-state index contributed by atoms with van der Waals surface area (Å²) in [5.41, 5.74) is 22.8. The van der Waals surface area contributed by atoms with Gasteiger partial charge in [-0.2, -0.15) is 0 Å². The lowest BCUT2D eigenvalue weighted by molar-refractivity contribution is -0.135. The van der Waals surface area contributed by atoms with Gasteiger partial charge in [-0.15, -0.1) is 0 Å². The number of aromatic hydroxyl groups is 1. The smallest absolute Gasteiger partial charge is 0.245 e. The molecule has 0 aliphatic carbocycles. The van der Waals surface area contributed by atoms with E-state index < -0.39 is 78.7 Å². The molecular formula is C31H44N10O8. The van der Waals surface area contributed by atoms with E-state index in [4.69, 9.17) is 28.3 Å². The molecule has 0 spiro atoms. The second-order valence-electron chi connectivity index (χ2n) is 11.1. The number of nitrogens with one attached hydrogen (secondary N) is 6. The molecule has 0 aliphatic heterocycles. The molecule has 0 fully saturated rings. The van der Waals surface area contributed by atoms with Gasteiger partial charge in [0.25, 0.3) is 0 Å². The SMILES string of the molecule is N=C(N)NCCC[C@H](NC(=O)[C@H](Cc1ccccc1)NC(=O)[C@H](CO)NC(=O)[C@@H](N)CC(N)=O)C(=O)N[C@@H](Cc1ccc(O)cc1)C(N)=O. The number of carbonyl (C=O) groups excluding carboxylic acids is 6. The molecule has 0 saturated carbocycles. The van der Waals surface area contributed by atoms with Crippen molar-refractivity contribution in [3.05, 3.63) is 65.7 Å². The molecule has 0 unspecified atom stereocenters. The van der Waals surface area contributed by atoms with Crippen molar-refractivity contribution in [1.29, 1.82) is 5.41 Å². The van der Waals surface area contributed by atoms with E-state index in [0.29, 0.717) is 11.1 Å². The third kappa shape index (κ3) is 14.3. The van der Waals surface area contributed by atoms with E-state index in [9.17, 15) is 39.0 Å². The maximum Gasteiger partial charge on any atom is 0.245 e. The Morgan fingerprint density at radius 3 is 1.78 bits per heavy atom. The number of carbonyl (C=O) groups is 6. The molecule has 0 aliphatic rings. The molecule has 2 aromatic rings. The number of hydrogen-bond acceptors (Lipinski definition) is 10. The van der Waals surface area contributed by atoms with E-state index in [-0.39, 0.29) is 43.9 Å². The summed E-state index contributed by atoms with van der Waals surface area (Å²) in [6.07, 6.45) is -0.366. The van der Waals surface area contributed by atoms with Crippen LogP contribution in [-0.2, 0) is 41.6 Å². The lowest BCUT2D eigenvalue weighted by atomic mass is 10.0. The molecule has 49 heavy (non-hydrogen) atoms. The zero-order chi connectivity index (χ0) is 36.5. The van der Waals surface area contributed by atoms with Crippen LogP contribution in [0, 0.1) is 5.41 Å². The lowest BCUT2D eigenvalue weighted by Gasteiger charge is -2.26. The molecule has 2 aromatic carbocycles. The minimum atomic E-state index is -1.56. The van der Waals surface area contributed by atoms with Gasteiger partial charge in [-0.1, -0.05) is 42.5 Å². The number of guanidine groups is 1. The predicted octanol–water partition coefficient (Wildman–Crippen LogP) is -3.94. The standard InChI is InChI=1S/C31H44N10O8/c32-20(15-25(33)44)27(46)41-24(16-42)30(49)40-23(14-17-5-2-1-3-6-17)29(48)38-21(7-4-12-37-31(35)36)28(47)39-22(26(34)45)13-18-8-10-19(43)11-9-18/h1-3,5-6,8-11,20-24,42-43H,4,7,12-16,32H2,(H2,33,44)(H2,34,45)(H,38,48)(H,39,47)(H,40,49)(H,41,46)(H4,35,36,37)/t20-,21-,22-,23-,24-/m0/s1. The molecule has 2 rings (SSSR count). The molecule has 0 aromatic heterocycles. The van der Waals surface area contributed by atoms with Crippen molar-refractivity contribution < 1.29 is 39.0 Å². The van der Waals surface area contributed by atoms with Crippen LogP contribution >= 0.6 is 0 Å². The van der Waals surface area contributed by atoms with E-state index in [1.54, 1.807) is 42.5 Å². The molecule has 18 heteroatoms. The van der Waals surface area contributed by atoms with E-state index in [1.165, 1.54) is 12.1 Å².